The maximum absolute atomic E-state index is 11.2. The smallest absolute Gasteiger partial charge is 0.337 e. The molecule has 0 spiro atoms. The molecule has 0 atom stereocenters. The first-order valence-electron chi connectivity index (χ1n) is 6.04. The minimum atomic E-state index is -1.03. The van der Waals surface area contributed by atoms with Crippen molar-refractivity contribution in [3.63, 3.8) is 0 Å². The Morgan fingerprint density at radius 1 is 1.42 bits per heavy atom. The predicted octanol–water partition coefficient (Wildman–Crippen LogP) is 1.17. The Hall–Kier alpha value is -2.37. The molecule has 0 radical (unpaired) electrons. The van der Waals surface area contributed by atoms with Gasteiger partial charge in [-0.2, -0.15) is 0 Å². The molecular weight excluding hydrogens is 246 g/mol. The van der Waals surface area contributed by atoms with Crippen LogP contribution in [0.3, 0.4) is 0 Å². The summed E-state index contributed by atoms with van der Waals surface area (Å²) >= 11 is 0. The Balaban J connectivity index is 2.68. The summed E-state index contributed by atoms with van der Waals surface area (Å²) in [6.07, 6.45) is 1.52. The summed E-state index contributed by atoms with van der Waals surface area (Å²) in [5.41, 5.74) is 6.40. The summed E-state index contributed by atoms with van der Waals surface area (Å²) < 4.78 is 1.69. The number of rotatable bonds is 5. The molecule has 0 bridgehead atoms. The van der Waals surface area contributed by atoms with Crippen LogP contribution in [0.4, 0.5) is 0 Å². The highest BCUT2D eigenvalue weighted by Gasteiger charge is 2.17. The monoisotopic (exact) mass is 261 g/mol. The van der Waals surface area contributed by atoms with Gasteiger partial charge in [0.1, 0.15) is 17.9 Å². The largest absolute Gasteiger partial charge is 0.478 e. The number of fused-ring (bicyclic) bond motifs is 1. The van der Waals surface area contributed by atoms with Gasteiger partial charge >= 0.3 is 5.97 Å². The van der Waals surface area contributed by atoms with Crippen LogP contribution in [0, 0.1) is 0 Å². The van der Waals surface area contributed by atoms with Crippen LogP contribution in [0.15, 0.2) is 18.2 Å². The number of amides is 1. The molecule has 6 heteroatoms. The van der Waals surface area contributed by atoms with E-state index in [4.69, 9.17) is 10.8 Å². The first kappa shape index (κ1) is 13.1. The van der Waals surface area contributed by atoms with Gasteiger partial charge in [0.05, 0.1) is 11.1 Å². The fraction of sp³-hybridized carbons (Fsp3) is 0.308. The molecule has 1 aromatic carbocycles. The maximum atomic E-state index is 11.2. The summed E-state index contributed by atoms with van der Waals surface area (Å²) in [6.45, 7) is 2.00. The van der Waals surface area contributed by atoms with Gasteiger partial charge in [-0.1, -0.05) is 13.0 Å². The summed E-state index contributed by atoms with van der Waals surface area (Å²) in [6, 6.07) is 4.89. The summed E-state index contributed by atoms with van der Waals surface area (Å²) in [5, 5.41) is 9.15. The van der Waals surface area contributed by atoms with E-state index in [2.05, 4.69) is 4.98 Å². The number of carboxylic acids is 1. The van der Waals surface area contributed by atoms with Gasteiger partial charge in [-0.3, -0.25) is 4.79 Å². The maximum Gasteiger partial charge on any atom is 0.337 e. The zero-order valence-electron chi connectivity index (χ0n) is 10.6. The molecule has 100 valence electrons. The van der Waals surface area contributed by atoms with Gasteiger partial charge in [-0.15, -0.1) is 0 Å². The Labute approximate surface area is 109 Å². The molecule has 1 heterocycles. The number of carbonyl (C=O) groups excluding carboxylic acids is 1. The fourth-order valence-electron chi connectivity index (χ4n) is 2.11. The molecule has 0 fully saturated rings. The van der Waals surface area contributed by atoms with E-state index in [9.17, 15) is 9.59 Å². The summed E-state index contributed by atoms with van der Waals surface area (Å²) in [5.74, 6) is -0.820. The number of carboxylic acid groups (broad SMARTS) is 1. The molecule has 19 heavy (non-hydrogen) atoms. The van der Waals surface area contributed by atoms with E-state index >= 15 is 0 Å². The minimum absolute atomic E-state index is 0.00884. The Morgan fingerprint density at radius 2 is 2.16 bits per heavy atom. The third-order valence-electron chi connectivity index (χ3n) is 2.88. The average Bonchev–Trinajstić information content (AvgIpc) is 2.67. The summed E-state index contributed by atoms with van der Waals surface area (Å²) in [4.78, 5) is 26.7. The van der Waals surface area contributed by atoms with Gasteiger partial charge < -0.3 is 15.4 Å². The van der Waals surface area contributed by atoms with Crippen molar-refractivity contribution in [3.05, 3.63) is 29.6 Å². The number of hydrogen-bond donors (Lipinski definition) is 2. The van der Waals surface area contributed by atoms with Crippen LogP contribution in [0.25, 0.3) is 11.0 Å². The second-order valence-electron chi connectivity index (χ2n) is 4.31. The molecule has 2 aromatic rings. The number of nitrogens with two attached hydrogens (primary N) is 1. The molecule has 0 saturated carbocycles. The normalized spacial score (nSPS) is 10.8. The lowest BCUT2D eigenvalue weighted by atomic mass is 10.2. The second kappa shape index (κ2) is 5.09. The molecule has 0 aliphatic heterocycles. The lowest BCUT2D eigenvalue weighted by molar-refractivity contribution is -0.118. The SMILES string of the molecule is CCCc1nc2c(C(=O)O)cccc2n1CC(N)=O. The van der Waals surface area contributed by atoms with Crippen molar-refractivity contribution in [1.29, 1.82) is 0 Å². The molecule has 0 aliphatic rings. The van der Waals surface area contributed by atoms with Crippen molar-refractivity contribution in [2.75, 3.05) is 0 Å². The van der Waals surface area contributed by atoms with Gasteiger partial charge in [0.25, 0.3) is 0 Å². The zero-order chi connectivity index (χ0) is 14.0. The summed E-state index contributed by atoms with van der Waals surface area (Å²) in [7, 11) is 0. The lowest BCUT2D eigenvalue weighted by Gasteiger charge is -2.05. The van der Waals surface area contributed by atoms with Crippen LogP contribution in [0.5, 0.6) is 0 Å². The highest BCUT2D eigenvalue weighted by Crippen LogP contribution is 2.21. The highest BCUT2D eigenvalue weighted by atomic mass is 16.4. The molecule has 1 amide bonds. The first-order valence-corrected chi connectivity index (χ1v) is 6.04. The standard InChI is InChI=1S/C13H15N3O3/c1-2-4-11-15-12-8(13(18)19)5-3-6-9(12)16(11)7-10(14)17/h3,5-6H,2,4,7H2,1H3,(H2,14,17)(H,18,19). The van der Waals surface area contributed by atoms with E-state index in [0.29, 0.717) is 23.3 Å². The number of hydrogen-bond acceptors (Lipinski definition) is 3. The molecule has 6 nitrogen and oxygen atoms in total. The van der Waals surface area contributed by atoms with Crippen molar-refractivity contribution in [2.45, 2.75) is 26.3 Å². The van der Waals surface area contributed by atoms with E-state index in [0.717, 1.165) is 6.42 Å². The quantitative estimate of drug-likeness (QED) is 0.844. The topological polar surface area (TPSA) is 98.2 Å². The van der Waals surface area contributed by atoms with Gasteiger partial charge in [0.15, 0.2) is 0 Å². The number of para-hydroxylation sites is 1. The van der Waals surface area contributed by atoms with Crippen LogP contribution < -0.4 is 5.73 Å². The average molecular weight is 261 g/mol. The van der Waals surface area contributed by atoms with Crippen molar-refractivity contribution in [2.24, 2.45) is 5.73 Å². The third-order valence-corrected chi connectivity index (χ3v) is 2.88. The second-order valence-corrected chi connectivity index (χ2v) is 4.31. The Kier molecular flexibility index (Phi) is 3.50. The number of aryl methyl sites for hydroxylation is 1. The van der Waals surface area contributed by atoms with Crippen molar-refractivity contribution < 1.29 is 14.7 Å². The van der Waals surface area contributed by atoms with Crippen LogP contribution in [-0.2, 0) is 17.8 Å². The van der Waals surface area contributed by atoms with E-state index < -0.39 is 11.9 Å². The number of imidazole rings is 1. The van der Waals surface area contributed by atoms with Crippen LogP contribution >= 0.6 is 0 Å². The minimum Gasteiger partial charge on any atom is -0.478 e. The first-order chi connectivity index (χ1) is 9.04. The predicted molar refractivity (Wildman–Crippen MR) is 69.9 cm³/mol. The zero-order valence-corrected chi connectivity index (χ0v) is 10.6. The number of aromatic nitrogens is 2. The third kappa shape index (κ3) is 2.42. The lowest BCUT2D eigenvalue weighted by Crippen LogP contribution is -2.20. The number of primary amides is 1. The van der Waals surface area contributed by atoms with E-state index in [1.54, 1.807) is 16.7 Å². The molecular formula is C13H15N3O3. The highest BCUT2D eigenvalue weighted by molar-refractivity contribution is 6.01. The van der Waals surface area contributed by atoms with Crippen molar-refractivity contribution in [1.82, 2.24) is 9.55 Å². The van der Waals surface area contributed by atoms with E-state index in [1.807, 2.05) is 6.92 Å². The van der Waals surface area contributed by atoms with Gasteiger partial charge in [-0.25, -0.2) is 9.78 Å². The van der Waals surface area contributed by atoms with E-state index in [1.165, 1.54) is 6.07 Å². The van der Waals surface area contributed by atoms with Gasteiger partial charge in [-0.05, 0) is 18.6 Å². The number of benzene rings is 1. The Bertz CT molecular complexity index is 646. The van der Waals surface area contributed by atoms with Crippen LogP contribution in [0.2, 0.25) is 0 Å². The van der Waals surface area contributed by atoms with Gasteiger partial charge in [0, 0.05) is 6.42 Å². The Morgan fingerprint density at radius 3 is 2.74 bits per heavy atom. The van der Waals surface area contributed by atoms with Gasteiger partial charge in [0.2, 0.25) is 5.91 Å². The molecule has 0 saturated heterocycles. The molecule has 3 N–H and O–H groups in total. The number of aromatic carboxylic acids is 1. The molecule has 1 aromatic heterocycles. The van der Waals surface area contributed by atoms with Crippen LogP contribution in [0.1, 0.15) is 29.5 Å². The molecule has 0 unspecified atom stereocenters. The van der Waals surface area contributed by atoms with Crippen molar-refractivity contribution >= 4 is 22.9 Å². The number of nitrogens with zero attached hydrogens (tertiary/aromatic N) is 2. The number of carbonyl (C=O) groups is 2. The van der Waals surface area contributed by atoms with Crippen LogP contribution in [-0.4, -0.2) is 26.5 Å². The molecule has 0 aliphatic carbocycles. The van der Waals surface area contributed by atoms with Crippen molar-refractivity contribution in [3.8, 4) is 0 Å². The molecule has 2 rings (SSSR count). The van der Waals surface area contributed by atoms with E-state index in [-0.39, 0.29) is 12.1 Å². The fourth-order valence-corrected chi connectivity index (χ4v) is 2.11.